The molecule has 2 saturated carbocycles. The topological polar surface area (TPSA) is 0 Å². The van der Waals surface area contributed by atoms with E-state index in [1.165, 1.54) is 44.9 Å². The van der Waals surface area contributed by atoms with E-state index in [0.717, 1.165) is 11.8 Å². The Morgan fingerprint density at radius 3 is 2.18 bits per heavy atom. The lowest BCUT2D eigenvalue weighted by molar-refractivity contribution is 0.00663. The van der Waals surface area contributed by atoms with E-state index in [1.807, 2.05) is 0 Å². The Balaban J connectivity index is 1.80. The van der Waals surface area contributed by atoms with Crippen LogP contribution in [0.3, 0.4) is 0 Å². The van der Waals surface area contributed by atoms with E-state index in [1.54, 1.807) is 0 Å². The van der Waals surface area contributed by atoms with Crippen LogP contribution in [-0.4, -0.2) is 0 Å². The van der Waals surface area contributed by atoms with Crippen molar-refractivity contribution in [2.45, 2.75) is 58.8 Å². The molecule has 0 bridgehead atoms. The SMILES string of the molecule is CC1(C2(C)CCC3C=CC=CC3C2)CCCC1. The number of hydrogen-bond acceptors (Lipinski definition) is 0. The average Bonchev–Trinajstić information content (AvgIpc) is 2.78. The number of hydrogen-bond donors (Lipinski definition) is 0. The van der Waals surface area contributed by atoms with E-state index >= 15 is 0 Å². The molecule has 0 aromatic rings. The van der Waals surface area contributed by atoms with Crippen molar-refractivity contribution in [3.63, 3.8) is 0 Å². The van der Waals surface area contributed by atoms with Crippen LogP contribution in [0.4, 0.5) is 0 Å². The summed E-state index contributed by atoms with van der Waals surface area (Å²) >= 11 is 0. The molecule has 0 aliphatic heterocycles. The van der Waals surface area contributed by atoms with Crippen LogP contribution in [0.15, 0.2) is 24.3 Å². The van der Waals surface area contributed by atoms with Gasteiger partial charge in [-0.2, -0.15) is 0 Å². The number of allylic oxidation sites excluding steroid dienone is 4. The van der Waals surface area contributed by atoms with Crippen LogP contribution < -0.4 is 0 Å². The van der Waals surface area contributed by atoms with Crippen LogP contribution >= 0.6 is 0 Å². The normalized spacial score (nSPS) is 43.6. The first-order valence-corrected chi connectivity index (χ1v) is 7.48. The van der Waals surface area contributed by atoms with Gasteiger partial charge in [-0.25, -0.2) is 0 Å². The molecule has 2 fully saturated rings. The first-order valence-electron chi connectivity index (χ1n) is 7.48. The highest BCUT2D eigenvalue weighted by atomic mass is 14.5. The zero-order chi connectivity index (χ0) is 11.9. The summed E-state index contributed by atoms with van der Waals surface area (Å²) in [4.78, 5) is 0. The van der Waals surface area contributed by atoms with Gasteiger partial charge < -0.3 is 0 Å². The lowest BCUT2D eigenvalue weighted by Crippen LogP contribution is -2.41. The van der Waals surface area contributed by atoms with Crippen molar-refractivity contribution in [3.05, 3.63) is 24.3 Å². The van der Waals surface area contributed by atoms with Crippen molar-refractivity contribution in [3.8, 4) is 0 Å². The molecular weight excluding hydrogens is 204 g/mol. The molecule has 0 N–H and O–H groups in total. The second kappa shape index (κ2) is 4.00. The minimum absolute atomic E-state index is 0.597. The minimum Gasteiger partial charge on any atom is -0.0808 e. The van der Waals surface area contributed by atoms with Gasteiger partial charge in [-0.3, -0.25) is 0 Å². The van der Waals surface area contributed by atoms with Gasteiger partial charge >= 0.3 is 0 Å². The maximum Gasteiger partial charge on any atom is -0.0162 e. The molecular formula is C17H26. The van der Waals surface area contributed by atoms with Crippen molar-refractivity contribution in [2.75, 3.05) is 0 Å². The van der Waals surface area contributed by atoms with E-state index in [9.17, 15) is 0 Å². The van der Waals surface area contributed by atoms with Crippen molar-refractivity contribution < 1.29 is 0 Å². The summed E-state index contributed by atoms with van der Waals surface area (Å²) in [6, 6.07) is 0. The van der Waals surface area contributed by atoms with Crippen molar-refractivity contribution in [1.29, 1.82) is 0 Å². The fourth-order valence-electron chi connectivity index (χ4n) is 4.64. The quantitative estimate of drug-likeness (QED) is 0.587. The predicted octanol–water partition coefficient (Wildman–Crippen LogP) is 5.12. The number of rotatable bonds is 1. The fourth-order valence-corrected chi connectivity index (χ4v) is 4.64. The Labute approximate surface area is 106 Å². The molecule has 94 valence electrons. The third kappa shape index (κ3) is 1.80. The van der Waals surface area contributed by atoms with Gasteiger partial charge in [0.25, 0.3) is 0 Å². The third-order valence-corrected chi connectivity index (χ3v) is 6.26. The molecule has 0 heteroatoms. The average molecular weight is 230 g/mol. The molecule has 0 amide bonds. The van der Waals surface area contributed by atoms with Gasteiger partial charge in [-0.1, -0.05) is 51.0 Å². The highest BCUT2D eigenvalue weighted by Crippen LogP contribution is 2.59. The molecule has 0 heterocycles. The summed E-state index contributed by atoms with van der Waals surface area (Å²) in [5, 5.41) is 0. The van der Waals surface area contributed by atoms with Crippen LogP contribution in [-0.2, 0) is 0 Å². The Bertz CT molecular complexity index is 343. The molecule has 0 saturated heterocycles. The van der Waals surface area contributed by atoms with E-state index in [-0.39, 0.29) is 0 Å². The van der Waals surface area contributed by atoms with Crippen LogP contribution in [0.25, 0.3) is 0 Å². The van der Waals surface area contributed by atoms with Crippen LogP contribution in [0, 0.1) is 22.7 Å². The van der Waals surface area contributed by atoms with Crippen LogP contribution in [0.1, 0.15) is 58.8 Å². The Morgan fingerprint density at radius 2 is 1.47 bits per heavy atom. The monoisotopic (exact) mass is 230 g/mol. The van der Waals surface area contributed by atoms with Gasteiger partial charge in [0, 0.05) is 0 Å². The highest BCUT2D eigenvalue weighted by molar-refractivity contribution is 5.17. The van der Waals surface area contributed by atoms with E-state index in [4.69, 9.17) is 0 Å². The Morgan fingerprint density at radius 1 is 0.824 bits per heavy atom. The Hall–Kier alpha value is -0.520. The first-order chi connectivity index (χ1) is 8.13. The van der Waals surface area contributed by atoms with Crippen molar-refractivity contribution >= 4 is 0 Å². The van der Waals surface area contributed by atoms with Crippen LogP contribution in [0.2, 0.25) is 0 Å². The zero-order valence-corrected chi connectivity index (χ0v) is 11.4. The third-order valence-electron chi connectivity index (χ3n) is 6.26. The molecule has 17 heavy (non-hydrogen) atoms. The summed E-state index contributed by atoms with van der Waals surface area (Å²) in [6.07, 6.45) is 19.6. The second-order valence-electron chi connectivity index (χ2n) is 7.17. The van der Waals surface area contributed by atoms with Gasteiger partial charge in [-0.05, 0) is 54.8 Å². The lowest BCUT2D eigenvalue weighted by atomic mass is 9.54. The fraction of sp³-hybridized carbons (Fsp3) is 0.765. The maximum absolute atomic E-state index is 2.58. The molecule has 0 radical (unpaired) electrons. The molecule has 0 spiro atoms. The first kappa shape index (κ1) is 11.6. The second-order valence-corrected chi connectivity index (χ2v) is 7.17. The predicted molar refractivity (Wildman–Crippen MR) is 73.8 cm³/mol. The smallest absolute Gasteiger partial charge is 0.0162 e. The van der Waals surface area contributed by atoms with E-state index in [2.05, 4.69) is 38.2 Å². The molecule has 3 unspecified atom stereocenters. The van der Waals surface area contributed by atoms with Gasteiger partial charge in [0.1, 0.15) is 0 Å². The summed E-state index contributed by atoms with van der Waals surface area (Å²) in [6.45, 7) is 5.16. The maximum atomic E-state index is 2.58. The van der Waals surface area contributed by atoms with Gasteiger partial charge in [-0.15, -0.1) is 0 Å². The zero-order valence-electron chi connectivity index (χ0n) is 11.4. The van der Waals surface area contributed by atoms with Crippen molar-refractivity contribution in [2.24, 2.45) is 22.7 Å². The summed E-state index contributed by atoms with van der Waals surface area (Å²) < 4.78 is 0. The molecule has 0 aromatic heterocycles. The number of fused-ring (bicyclic) bond motifs is 1. The van der Waals surface area contributed by atoms with Crippen LogP contribution in [0.5, 0.6) is 0 Å². The van der Waals surface area contributed by atoms with Gasteiger partial charge in [0.15, 0.2) is 0 Å². The van der Waals surface area contributed by atoms with Gasteiger partial charge in [0.2, 0.25) is 0 Å². The largest absolute Gasteiger partial charge is 0.0808 e. The molecule has 3 aliphatic carbocycles. The molecule has 3 atom stereocenters. The lowest BCUT2D eigenvalue weighted by Gasteiger charge is -2.51. The molecule has 0 nitrogen and oxygen atoms in total. The summed E-state index contributed by atoms with van der Waals surface area (Å²) in [5.41, 5.74) is 1.23. The van der Waals surface area contributed by atoms with E-state index < -0.39 is 0 Å². The summed E-state index contributed by atoms with van der Waals surface area (Å²) in [5.74, 6) is 1.68. The molecule has 0 aromatic carbocycles. The molecule has 3 aliphatic rings. The molecule has 3 rings (SSSR count). The summed E-state index contributed by atoms with van der Waals surface area (Å²) in [7, 11) is 0. The highest BCUT2D eigenvalue weighted by Gasteiger charge is 2.49. The van der Waals surface area contributed by atoms with E-state index in [0.29, 0.717) is 10.8 Å². The van der Waals surface area contributed by atoms with Gasteiger partial charge in [0.05, 0.1) is 0 Å². The Kier molecular flexibility index (Phi) is 2.72. The van der Waals surface area contributed by atoms with Crippen molar-refractivity contribution in [1.82, 2.24) is 0 Å². The standard InChI is InChI=1S/C17H26/c1-16(10-5-6-11-16)17(2)12-9-14-7-3-4-8-15(14)13-17/h3-4,7-8,14-15H,5-6,9-13H2,1-2H3. The minimum atomic E-state index is 0.597.